The fourth-order valence-electron chi connectivity index (χ4n) is 1.12. The Hall–Kier alpha value is -2.67. The average Bonchev–Trinajstić information content (AvgIpc) is 2.31. The summed E-state index contributed by atoms with van der Waals surface area (Å²) in [5, 5.41) is 19.9. The van der Waals surface area contributed by atoms with Gasteiger partial charge < -0.3 is 11.1 Å². The Balaban J connectivity index is 3.11. The van der Waals surface area contributed by atoms with Crippen molar-refractivity contribution >= 4 is 17.5 Å². The number of amides is 1. The smallest absolute Gasteiger partial charge is 0.225 e. The summed E-state index contributed by atoms with van der Waals surface area (Å²) in [6.45, 7) is 1.85. The minimum atomic E-state index is -0.285. The topological polar surface area (TPSA) is 128 Å². The summed E-state index contributed by atoms with van der Waals surface area (Å²) >= 11 is 0. The molecule has 7 heteroatoms. The first kappa shape index (κ1) is 12.4. The molecule has 0 aliphatic carbocycles. The molecular formula is C10H10N6O. The summed E-state index contributed by atoms with van der Waals surface area (Å²) in [4.78, 5) is 18.8. The van der Waals surface area contributed by atoms with Crippen molar-refractivity contribution in [3.63, 3.8) is 0 Å². The van der Waals surface area contributed by atoms with E-state index in [1.54, 1.807) is 12.1 Å². The molecule has 7 nitrogen and oxygen atoms in total. The molecule has 0 bridgehead atoms. The second-order valence-corrected chi connectivity index (χ2v) is 3.18. The Labute approximate surface area is 97.9 Å². The molecule has 1 aromatic heterocycles. The summed E-state index contributed by atoms with van der Waals surface area (Å²) in [7, 11) is 0. The second kappa shape index (κ2) is 5.42. The lowest BCUT2D eigenvalue weighted by molar-refractivity contribution is -0.116. The van der Waals surface area contributed by atoms with Gasteiger partial charge in [-0.15, -0.1) is 0 Å². The van der Waals surface area contributed by atoms with E-state index in [1.165, 1.54) is 0 Å². The van der Waals surface area contributed by atoms with Gasteiger partial charge in [0.2, 0.25) is 5.91 Å². The monoisotopic (exact) mass is 230 g/mol. The highest BCUT2D eigenvalue weighted by atomic mass is 16.1. The van der Waals surface area contributed by atoms with Crippen LogP contribution in [-0.2, 0) is 4.79 Å². The van der Waals surface area contributed by atoms with E-state index in [-0.39, 0.29) is 28.9 Å². The zero-order valence-corrected chi connectivity index (χ0v) is 9.19. The van der Waals surface area contributed by atoms with Gasteiger partial charge in [0, 0.05) is 6.42 Å². The fourth-order valence-corrected chi connectivity index (χ4v) is 1.12. The number of aromatic nitrogens is 2. The molecule has 1 amide bonds. The predicted molar refractivity (Wildman–Crippen MR) is 59.4 cm³/mol. The summed E-state index contributed by atoms with van der Waals surface area (Å²) in [6, 6.07) is 3.49. The number of anilines is 2. The number of carbonyl (C=O) groups is 1. The molecule has 0 fully saturated rings. The van der Waals surface area contributed by atoms with Crippen LogP contribution in [0.4, 0.5) is 11.6 Å². The van der Waals surface area contributed by atoms with Gasteiger partial charge in [0.15, 0.2) is 23.0 Å². The molecule has 0 atom stereocenters. The van der Waals surface area contributed by atoms with Crippen LogP contribution >= 0.6 is 0 Å². The summed E-state index contributed by atoms with van der Waals surface area (Å²) < 4.78 is 0. The number of nitriles is 2. The Morgan fingerprint density at radius 1 is 1.35 bits per heavy atom. The molecule has 1 heterocycles. The van der Waals surface area contributed by atoms with Gasteiger partial charge in [0.05, 0.1) is 0 Å². The number of hydrogen-bond acceptors (Lipinski definition) is 6. The normalized spacial score (nSPS) is 9.12. The molecule has 1 aromatic rings. The highest BCUT2D eigenvalue weighted by Crippen LogP contribution is 2.14. The van der Waals surface area contributed by atoms with E-state index in [9.17, 15) is 4.79 Å². The van der Waals surface area contributed by atoms with Gasteiger partial charge in [0.25, 0.3) is 0 Å². The SMILES string of the molecule is CCCC(=O)Nc1nc(C#N)c(N)nc1C#N. The molecule has 3 N–H and O–H groups in total. The van der Waals surface area contributed by atoms with Crippen LogP contribution in [0.3, 0.4) is 0 Å². The maximum absolute atomic E-state index is 11.4. The predicted octanol–water partition coefficient (Wildman–Crippen LogP) is 0.541. The van der Waals surface area contributed by atoms with Gasteiger partial charge in [-0.05, 0) is 6.42 Å². The largest absolute Gasteiger partial charge is 0.381 e. The van der Waals surface area contributed by atoms with Gasteiger partial charge in [-0.25, -0.2) is 9.97 Å². The first-order valence-electron chi connectivity index (χ1n) is 4.90. The number of carbonyl (C=O) groups excluding carboxylic acids is 1. The molecule has 1 rings (SSSR count). The van der Waals surface area contributed by atoms with Gasteiger partial charge >= 0.3 is 0 Å². The molecule has 0 saturated heterocycles. The van der Waals surface area contributed by atoms with Crippen molar-refractivity contribution in [3.05, 3.63) is 11.4 Å². The van der Waals surface area contributed by atoms with Gasteiger partial charge in [-0.1, -0.05) is 6.92 Å². The van der Waals surface area contributed by atoms with Crippen LogP contribution in [0.15, 0.2) is 0 Å². The first-order chi connectivity index (χ1) is 8.12. The lowest BCUT2D eigenvalue weighted by Crippen LogP contribution is -2.15. The van der Waals surface area contributed by atoms with Crippen LogP contribution in [0, 0.1) is 22.7 Å². The van der Waals surface area contributed by atoms with Crippen molar-refractivity contribution in [2.45, 2.75) is 19.8 Å². The molecule has 0 radical (unpaired) electrons. The Kier molecular flexibility index (Phi) is 3.96. The molecule has 0 aromatic carbocycles. The highest BCUT2D eigenvalue weighted by molar-refractivity contribution is 5.90. The number of nitrogens with one attached hydrogen (secondary N) is 1. The zero-order valence-electron chi connectivity index (χ0n) is 9.19. The molecule has 0 aliphatic heterocycles. The summed E-state index contributed by atoms with van der Waals surface area (Å²) in [6.07, 6.45) is 0.972. The third-order valence-electron chi connectivity index (χ3n) is 1.87. The number of nitrogens with two attached hydrogens (primary N) is 1. The number of nitrogen functional groups attached to an aromatic ring is 1. The molecular weight excluding hydrogens is 220 g/mol. The summed E-state index contributed by atoms with van der Waals surface area (Å²) in [5.74, 6) is -0.443. The molecule has 0 spiro atoms. The third kappa shape index (κ3) is 2.89. The Bertz CT molecular complexity index is 525. The Morgan fingerprint density at radius 3 is 2.53 bits per heavy atom. The van der Waals surface area contributed by atoms with E-state index in [0.29, 0.717) is 12.8 Å². The molecule has 17 heavy (non-hydrogen) atoms. The minimum absolute atomic E-state index is 0.0308. The zero-order chi connectivity index (χ0) is 12.8. The van der Waals surface area contributed by atoms with Crippen LogP contribution in [0.25, 0.3) is 0 Å². The summed E-state index contributed by atoms with van der Waals surface area (Å²) in [5.41, 5.74) is 5.19. The van der Waals surface area contributed by atoms with E-state index < -0.39 is 0 Å². The van der Waals surface area contributed by atoms with Crippen LogP contribution in [0.5, 0.6) is 0 Å². The van der Waals surface area contributed by atoms with Crippen molar-refractivity contribution < 1.29 is 4.79 Å². The van der Waals surface area contributed by atoms with Crippen molar-refractivity contribution in [3.8, 4) is 12.1 Å². The van der Waals surface area contributed by atoms with E-state index in [1.807, 2.05) is 6.92 Å². The Morgan fingerprint density at radius 2 is 2.00 bits per heavy atom. The molecule has 86 valence electrons. The van der Waals surface area contributed by atoms with Crippen molar-refractivity contribution in [1.82, 2.24) is 9.97 Å². The van der Waals surface area contributed by atoms with E-state index >= 15 is 0 Å². The van der Waals surface area contributed by atoms with Gasteiger partial charge in [-0.2, -0.15) is 10.5 Å². The standard InChI is InChI=1S/C10H10N6O/c1-2-3-8(17)16-10-7(5-12)14-9(13)6(4-11)15-10/h2-3H2,1H3,(H2,13,14)(H,15,16,17). The third-order valence-corrected chi connectivity index (χ3v) is 1.87. The van der Waals surface area contributed by atoms with E-state index in [0.717, 1.165) is 0 Å². The minimum Gasteiger partial charge on any atom is -0.381 e. The van der Waals surface area contributed by atoms with Crippen molar-refractivity contribution in [2.24, 2.45) is 0 Å². The average molecular weight is 230 g/mol. The van der Waals surface area contributed by atoms with Gasteiger partial charge in [-0.3, -0.25) is 4.79 Å². The second-order valence-electron chi connectivity index (χ2n) is 3.18. The van der Waals surface area contributed by atoms with Crippen molar-refractivity contribution in [2.75, 3.05) is 11.1 Å². The quantitative estimate of drug-likeness (QED) is 0.779. The van der Waals surface area contributed by atoms with Crippen molar-refractivity contribution in [1.29, 1.82) is 10.5 Å². The highest BCUT2D eigenvalue weighted by Gasteiger charge is 2.13. The maximum atomic E-state index is 11.4. The van der Waals surface area contributed by atoms with Crippen LogP contribution < -0.4 is 11.1 Å². The van der Waals surface area contributed by atoms with E-state index in [4.69, 9.17) is 16.3 Å². The first-order valence-corrected chi connectivity index (χ1v) is 4.90. The number of nitrogens with zero attached hydrogens (tertiary/aromatic N) is 4. The lowest BCUT2D eigenvalue weighted by Gasteiger charge is -2.06. The van der Waals surface area contributed by atoms with Crippen LogP contribution in [0.1, 0.15) is 31.2 Å². The lowest BCUT2D eigenvalue weighted by atomic mass is 10.3. The number of rotatable bonds is 3. The van der Waals surface area contributed by atoms with E-state index in [2.05, 4.69) is 15.3 Å². The molecule has 0 unspecified atom stereocenters. The van der Waals surface area contributed by atoms with Gasteiger partial charge in [0.1, 0.15) is 12.1 Å². The fraction of sp³-hybridized carbons (Fsp3) is 0.300. The molecule has 0 saturated carbocycles. The van der Waals surface area contributed by atoms with Crippen LogP contribution in [-0.4, -0.2) is 15.9 Å². The number of hydrogen-bond donors (Lipinski definition) is 2. The molecule has 0 aliphatic rings. The van der Waals surface area contributed by atoms with Crippen LogP contribution in [0.2, 0.25) is 0 Å². The maximum Gasteiger partial charge on any atom is 0.225 e.